The smallest absolute Gasteiger partial charge is 0.234 e. The molecular formula is C21H25N5O. The lowest BCUT2D eigenvalue weighted by Crippen LogP contribution is -2.49. The Labute approximate surface area is 159 Å². The third kappa shape index (κ3) is 3.95. The highest BCUT2D eigenvalue weighted by Crippen LogP contribution is 2.22. The first kappa shape index (κ1) is 17.5. The summed E-state index contributed by atoms with van der Waals surface area (Å²) in [6.45, 7) is 6.10. The van der Waals surface area contributed by atoms with Gasteiger partial charge in [-0.25, -0.2) is 0 Å². The molecule has 1 fully saturated rings. The molecule has 1 atom stereocenters. The molecular weight excluding hydrogens is 338 g/mol. The summed E-state index contributed by atoms with van der Waals surface area (Å²) in [6, 6.07) is 12.3. The van der Waals surface area contributed by atoms with Gasteiger partial charge in [-0.15, -0.1) is 0 Å². The van der Waals surface area contributed by atoms with Gasteiger partial charge in [0, 0.05) is 50.5 Å². The second-order valence-corrected chi connectivity index (χ2v) is 7.05. The minimum absolute atomic E-state index is 0.0297. The van der Waals surface area contributed by atoms with Gasteiger partial charge in [-0.3, -0.25) is 14.7 Å². The maximum absolute atomic E-state index is 12.5. The van der Waals surface area contributed by atoms with E-state index in [2.05, 4.69) is 43.3 Å². The summed E-state index contributed by atoms with van der Waals surface area (Å²) in [7, 11) is 0. The number of anilines is 1. The van der Waals surface area contributed by atoms with Crippen LogP contribution in [-0.2, 0) is 4.79 Å². The third-order valence-electron chi connectivity index (χ3n) is 5.23. The van der Waals surface area contributed by atoms with Gasteiger partial charge >= 0.3 is 0 Å². The van der Waals surface area contributed by atoms with Crippen LogP contribution in [0.1, 0.15) is 18.5 Å². The maximum atomic E-state index is 12.5. The molecule has 1 saturated heterocycles. The number of hydrogen-bond acceptors (Lipinski definition) is 4. The summed E-state index contributed by atoms with van der Waals surface area (Å²) in [4.78, 5) is 24.4. The summed E-state index contributed by atoms with van der Waals surface area (Å²) in [5, 5.41) is 4.31. The highest BCUT2D eigenvalue weighted by molar-refractivity contribution is 5.84. The van der Waals surface area contributed by atoms with E-state index in [-0.39, 0.29) is 11.9 Å². The van der Waals surface area contributed by atoms with Gasteiger partial charge in [0.15, 0.2) is 0 Å². The van der Waals surface area contributed by atoms with Gasteiger partial charge in [-0.05, 0) is 36.1 Å². The number of fused-ring (bicyclic) bond motifs is 1. The van der Waals surface area contributed by atoms with Crippen molar-refractivity contribution in [3.05, 3.63) is 60.6 Å². The fourth-order valence-corrected chi connectivity index (χ4v) is 3.76. The Hall–Kier alpha value is -2.86. The fourth-order valence-electron chi connectivity index (χ4n) is 3.76. The molecule has 0 aliphatic carbocycles. The maximum Gasteiger partial charge on any atom is 0.234 e. The van der Waals surface area contributed by atoms with E-state index in [0.717, 1.165) is 37.3 Å². The van der Waals surface area contributed by atoms with Crippen LogP contribution in [0.5, 0.6) is 0 Å². The molecule has 6 heteroatoms. The highest BCUT2D eigenvalue weighted by Gasteiger charge is 2.20. The molecule has 2 N–H and O–H groups in total. The van der Waals surface area contributed by atoms with Crippen molar-refractivity contribution in [1.29, 1.82) is 0 Å². The highest BCUT2D eigenvalue weighted by atomic mass is 16.2. The van der Waals surface area contributed by atoms with Crippen LogP contribution in [0.15, 0.2) is 55.0 Å². The van der Waals surface area contributed by atoms with Crippen molar-refractivity contribution in [3.8, 4) is 0 Å². The monoisotopic (exact) mass is 363 g/mol. The molecule has 0 bridgehead atoms. The molecule has 3 heterocycles. The normalized spacial score (nSPS) is 16.4. The number of carbonyl (C=O) groups is 1. The van der Waals surface area contributed by atoms with Crippen molar-refractivity contribution in [1.82, 2.24) is 20.2 Å². The zero-order valence-corrected chi connectivity index (χ0v) is 15.6. The molecule has 0 spiro atoms. The lowest BCUT2D eigenvalue weighted by Gasteiger charge is -2.35. The van der Waals surface area contributed by atoms with E-state index in [4.69, 9.17) is 0 Å². The van der Waals surface area contributed by atoms with Gasteiger partial charge in [0.05, 0.1) is 18.1 Å². The Bertz CT molecular complexity index is 899. The van der Waals surface area contributed by atoms with Gasteiger partial charge in [-0.1, -0.05) is 18.2 Å². The number of piperazine rings is 1. The van der Waals surface area contributed by atoms with Gasteiger partial charge in [-0.2, -0.15) is 0 Å². The molecule has 27 heavy (non-hydrogen) atoms. The lowest BCUT2D eigenvalue weighted by molar-refractivity contribution is -0.123. The van der Waals surface area contributed by atoms with E-state index < -0.39 is 0 Å². The topological polar surface area (TPSA) is 64.3 Å². The number of carbonyl (C=O) groups excluding carboxylic acids is 1. The van der Waals surface area contributed by atoms with Crippen molar-refractivity contribution in [2.75, 3.05) is 37.6 Å². The average Bonchev–Trinajstić information content (AvgIpc) is 3.18. The SMILES string of the molecule is CC(NC(=O)CN1CCN(c2ccncc2)CC1)c1cccc2cc[nH]c12. The number of nitrogens with zero attached hydrogens (tertiary/aromatic N) is 3. The molecule has 1 unspecified atom stereocenters. The number of H-pyrrole nitrogens is 1. The minimum atomic E-state index is -0.0297. The third-order valence-corrected chi connectivity index (χ3v) is 5.23. The number of aromatic nitrogens is 2. The van der Waals surface area contributed by atoms with Crippen molar-refractivity contribution < 1.29 is 4.79 Å². The van der Waals surface area contributed by atoms with E-state index >= 15 is 0 Å². The first-order chi connectivity index (χ1) is 13.2. The van der Waals surface area contributed by atoms with Crippen molar-refractivity contribution in [2.45, 2.75) is 13.0 Å². The fraction of sp³-hybridized carbons (Fsp3) is 0.333. The van der Waals surface area contributed by atoms with Crippen LogP contribution in [0, 0.1) is 0 Å². The molecule has 1 aliphatic heterocycles. The second kappa shape index (κ2) is 7.80. The Morgan fingerprint density at radius 2 is 1.93 bits per heavy atom. The van der Waals surface area contributed by atoms with Gasteiger partial charge < -0.3 is 15.2 Å². The minimum Gasteiger partial charge on any atom is -0.369 e. The lowest BCUT2D eigenvalue weighted by atomic mass is 10.1. The number of para-hydroxylation sites is 1. The predicted octanol–water partition coefficient (Wildman–Crippen LogP) is 2.56. The summed E-state index contributed by atoms with van der Waals surface area (Å²) in [5.41, 5.74) is 3.41. The first-order valence-electron chi connectivity index (χ1n) is 9.43. The number of aromatic amines is 1. The van der Waals surface area contributed by atoms with Crippen LogP contribution >= 0.6 is 0 Å². The van der Waals surface area contributed by atoms with Gasteiger partial charge in [0.2, 0.25) is 5.91 Å². The Balaban J connectivity index is 1.30. The molecule has 1 amide bonds. The molecule has 4 rings (SSSR count). The van der Waals surface area contributed by atoms with E-state index in [9.17, 15) is 4.79 Å². The number of hydrogen-bond donors (Lipinski definition) is 2. The van der Waals surface area contributed by atoms with Crippen molar-refractivity contribution >= 4 is 22.5 Å². The number of rotatable bonds is 5. The largest absolute Gasteiger partial charge is 0.369 e. The van der Waals surface area contributed by atoms with Crippen LogP contribution in [0.2, 0.25) is 0 Å². The Morgan fingerprint density at radius 3 is 2.70 bits per heavy atom. The van der Waals surface area contributed by atoms with Crippen LogP contribution < -0.4 is 10.2 Å². The summed E-state index contributed by atoms with van der Waals surface area (Å²) >= 11 is 0. The van der Waals surface area contributed by atoms with Gasteiger partial charge in [0.1, 0.15) is 0 Å². The predicted molar refractivity (Wildman–Crippen MR) is 108 cm³/mol. The molecule has 3 aromatic rings. The molecule has 2 aromatic heterocycles. The summed E-state index contributed by atoms with van der Waals surface area (Å²) in [6.07, 6.45) is 5.58. The number of pyridine rings is 1. The molecule has 6 nitrogen and oxygen atoms in total. The summed E-state index contributed by atoms with van der Waals surface area (Å²) < 4.78 is 0. The van der Waals surface area contributed by atoms with Crippen LogP contribution in [0.4, 0.5) is 5.69 Å². The van der Waals surface area contributed by atoms with E-state index in [1.807, 2.05) is 43.7 Å². The van der Waals surface area contributed by atoms with Crippen molar-refractivity contribution in [2.24, 2.45) is 0 Å². The Morgan fingerprint density at radius 1 is 1.15 bits per heavy atom. The van der Waals surface area contributed by atoms with E-state index in [0.29, 0.717) is 6.54 Å². The van der Waals surface area contributed by atoms with Crippen molar-refractivity contribution in [3.63, 3.8) is 0 Å². The second-order valence-electron chi connectivity index (χ2n) is 7.05. The zero-order valence-electron chi connectivity index (χ0n) is 15.6. The zero-order chi connectivity index (χ0) is 18.6. The molecule has 0 radical (unpaired) electrons. The summed E-state index contributed by atoms with van der Waals surface area (Å²) in [5.74, 6) is 0.0726. The molecule has 1 aliphatic rings. The molecule has 0 saturated carbocycles. The Kier molecular flexibility index (Phi) is 5.07. The van der Waals surface area contributed by atoms with Crippen LogP contribution in [-0.4, -0.2) is 53.5 Å². The van der Waals surface area contributed by atoms with E-state index in [1.54, 1.807) is 0 Å². The standard InChI is InChI=1S/C21H25N5O/c1-16(19-4-2-3-17-5-10-23-21(17)19)24-20(27)15-25-11-13-26(14-12-25)18-6-8-22-9-7-18/h2-10,16,23H,11-15H2,1H3,(H,24,27). The first-order valence-corrected chi connectivity index (χ1v) is 9.43. The van der Waals surface area contributed by atoms with Gasteiger partial charge in [0.25, 0.3) is 0 Å². The van der Waals surface area contributed by atoms with E-state index in [1.165, 1.54) is 11.1 Å². The average molecular weight is 363 g/mol. The number of amides is 1. The number of benzene rings is 1. The quantitative estimate of drug-likeness (QED) is 0.731. The van der Waals surface area contributed by atoms with Crippen LogP contribution in [0.25, 0.3) is 10.9 Å². The molecule has 140 valence electrons. The number of nitrogens with one attached hydrogen (secondary N) is 2. The molecule has 1 aromatic carbocycles. The van der Waals surface area contributed by atoms with Crippen LogP contribution in [0.3, 0.4) is 0 Å².